The Bertz CT molecular complexity index is 2530. The maximum atomic E-state index is 5.90. The van der Waals surface area contributed by atoms with Gasteiger partial charge in [-0.1, -0.05) is 127 Å². The topological polar surface area (TPSA) is 38.7 Å². The molecule has 1 unspecified atom stereocenters. The first-order valence-electron chi connectivity index (χ1n) is 17.3. The number of hydrogen-bond donors (Lipinski definition) is 0. The molecule has 7 aromatic rings. The molecule has 0 amide bonds. The van der Waals surface area contributed by atoms with E-state index in [0.717, 1.165) is 62.3 Å². The summed E-state index contributed by atoms with van der Waals surface area (Å²) in [7, 11) is 0. The van der Waals surface area contributed by atoms with Crippen LogP contribution in [0.2, 0.25) is 0 Å². The van der Waals surface area contributed by atoms with Gasteiger partial charge in [0, 0.05) is 35.0 Å². The van der Waals surface area contributed by atoms with Crippen LogP contribution in [0.15, 0.2) is 164 Å². The third-order valence-corrected chi connectivity index (χ3v) is 9.50. The van der Waals surface area contributed by atoms with Crippen molar-refractivity contribution in [3.05, 3.63) is 186 Å². The standard InChI is InChI=1S/C48H35N3/c1-3-11-44-33(4-2)14-9-20-45(44)40-16-8-18-42(30-40)48-50-46(36-24-21-35(22-25-36)43-19-10-27-49-32-43)31-47(51-48)41-17-7-15-38(29-41)39-26-23-34-12-5-6-13-37(34)28-39/h2-3,5-21,23-32,35H,22H2,1H3/b11-3-. The van der Waals surface area contributed by atoms with E-state index in [-0.39, 0.29) is 5.92 Å². The molecule has 5 aromatic carbocycles. The molecule has 0 radical (unpaired) electrons. The van der Waals surface area contributed by atoms with Crippen molar-refractivity contribution in [3.8, 4) is 57.2 Å². The van der Waals surface area contributed by atoms with Gasteiger partial charge in [0.1, 0.15) is 0 Å². The lowest BCUT2D eigenvalue weighted by molar-refractivity contribution is 0.848. The monoisotopic (exact) mass is 653 g/mol. The molecular weight excluding hydrogens is 619 g/mol. The molecule has 2 aromatic heterocycles. The summed E-state index contributed by atoms with van der Waals surface area (Å²) in [5, 5.41) is 2.45. The zero-order chi connectivity index (χ0) is 34.6. The Morgan fingerprint density at radius 2 is 1.45 bits per heavy atom. The third-order valence-electron chi connectivity index (χ3n) is 9.50. The number of nitrogens with zero attached hydrogens (tertiary/aromatic N) is 3. The minimum Gasteiger partial charge on any atom is -0.264 e. The van der Waals surface area contributed by atoms with E-state index < -0.39 is 0 Å². The highest BCUT2D eigenvalue weighted by molar-refractivity contribution is 5.88. The Labute approximate surface area is 299 Å². The lowest BCUT2D eigenvalue weighted by Gasteiger charge is -2.17. The van der Waals surface area contributed by atoms with E-state index in [9.17, 15) is 0 Å². The van der Waals surface area contributed by atoms with Crippen LogP contribution in [0.1, 0.15) is 41.6 Å². The van der Waals surface area contributed by atoms with Crippen LogP contribution in [-0.4, -0.2) is 15.0 Å². The summed E-state index contributed by atoms with van der Waals surface area (Å²) < 4.78 is 0. The van der Waals surface area contributed by atoms with Gasteiger partial charge in [-0.15, -0.1) is 6.42 Å². The summed E-state index contributed by atoms with van der Waals surface area (Å²) in [5.74, 6) is 3.80. The Balaban J connectivity index is 1.23. The Morgan fingerprint density at radius 1 is 0.686 bits per heavy atom. The minimum absolute atomic E-state index is 0.281. The van der Waals surface area contributed by atoms with Crippen LogP contribution in [-0.2, 0) is 0 Å². The third kappa shape index (κ3) is 6.56. The number of benzene rings is 5. The predicted molar refractivity (Wildman–Crippen MR) is 213 cm³/mol. The summed E-state index contributed by atoms with van der Waals surface area (Å²) in [5.41, 5.74) is 12.4. The molecule has 0 bridgehead atoms. The van der Waals surface area contributed by atoms with Crippen molar-refractivity contribution in [1.29, 1.82) is 0 Å². The SMILES string of the molecule is C#Cc1cccc(-c2cccc(-c3nc(C4=CCC(c5cccnc5)C=C4)cc(-c4cccc(-c5ccc6ccccc6c5)c4)n3)c2)c1/C=C\C. The average Bonchev–Trinajstić information content (AvgIpc) is 3.21. The van der Waals surface area contributed by atoms with Gasteiger partial charge in [-0.3, -0.25) is 4.98 Å². The molecule has 1 atom stereocenters. The van der Waals surface area contributed by atoms with Crippen molar-refractivity contribution < 1.29 is 0 Å². The summed E-state index contributed by atoms with van der Waals surface area (Å²) in [6.07, 6.45) is 21.4. The first kappa shape index (κ1) is 31.6. The Kier molecular flexibility index (Phi) is 8.73. The number of aromatic nitrogens is 3. The van der Waals surface area contributed by atoms with Gasteiger partial charge in [0.05, 0.1) is 11.4 Å². The van der Waals surface area contributed by atoms with Crippen molar-refractivity contribution in [3.63, 3.8) is 0 Å². The van der Waals surface area contributed by atoms with E-state index in [1.165, 1.54) is 21.9 Å². The van der Waals surface area contributed by atoms with E-state index in [0.29, 0.717) is 5.82 Å². The van der Waals surface area contributed by atoms with Gasteiger partial charge in [-0.25, -0.2) is 9.97 Å². The van der Waals surface area contributed by atoms with E-state index >= 15 is 0 Å². The van der Waals surface area contributed by atoms with Crippen LogP contribution in [0, 0.1) is 12.3 Å². The molecule has 242 valence electrons. The normalized spacial score (nSPS) is 14.0. The zero-order valence-electron chi connectivity index (χ0n) is 28.4. The van der Waals surface area contributed by atoms with Crippen molar-refractivity contribution >= 4 is 22.4 Å². The number of pyridine rings is 1. The highest BCUT2D eigenvalue weighted by Crippen LogP contribution is 2.35. The second kappa shape index (κ2) is 14.1. The highest BCUT2D eigenvalue weighted by Gasteiger charge is 2.17. The van der Waals surface area contributed by atoms with Crippen LogP contribution in [0.3, 0.4) is 0 Å². The molecular formula is C48H35N3. The quantitative estimate of drug-likeness (QED) is 0.161. The fourth-order valence-electron chi connectivity index (χ4n) is 6.87. The number of rotatable bonds is 7. The van der Waals surface area contributed by atoms with Crippen molar-refractivity contribution in [2.45, 2.75) is 19.3 Å². The molecule has 0 aliphatic heterocycles. The fraction of sp³-hybridized carbons (Fsp3) is 0.0625. The van der Waals surface area contributed by atoms with E-state index in [4.69, 9.17) is 16.4 Å². The Morgan fingerprint density at radius 3 is 2.25 bits per heavy atom. The maximum absolute atomic E-state index is 5.90. The molecule has 1 aliphatic rings. The van der Waals surface area contributed by atoms with Gasteiger partial charge in [0.25, 0.3) is 0 Å². The minimum atomic E-state index is 0.281. The summed E-state index contributed by atoms with van der Waals surface area (Å²) >= 11 is 0. The van der Waals surface area contributed by atoms with Crippen molar-refractivity contribution in [2.24, 2.45) is 0 Å². The van der Waals surface area contributed by atoms with E-state index in [1.807, 2.05) is 43.6 Å². The van der Waals surface area contributed by atoms with Gasteiger partial charge in [-0.2, -0.15) is 0 Å². The fourth-order valence-corrected chi connectivity index (χ4v) is 6.87. The summed E-state index contributed by atoms with van der Waals surface area (Å²) in [4.78, 5) is 14.8. The van der Waals surface area contributed by atoms with Crippen molar-refractivity contribution in [1.82, 2.24) is 15.0 Å². The first-order valence-corrected chi connectivity index (χ1v) is 17.3. The van der Waals surface area contributed by atoms with Crippen LogP contribution >= 0.6 is 0 Å². The highest BCUT2D eigenvalue weighted by atomic mass is 14.9. The summed E-state index contributed by atoms with van der Waals surface area (Å²) in [6.45, 7) is 2.01. The smallest absolute Gasteiger partial charge is 0.160 e. The number of fused-ring (bicyclic) bond motifs is 1. The first-order chi connectivity index (χ1) is 25.2. The molecule has 0 saturated heterocycles. The molecule has 1 aliphatic carbocycles. The lowest BCUT2D eigenvalue weighted by atomic mass is 9.90. The molecule has 0 N–H and O–H groups in total. The summed E-state index contributed by atoms with van der Waals surface area (Å²) in [6, 6.07) is 44.6. The molecule has 0 fully saturated rings. The molecule has 0 saturated carbocycles. The maximum Gasteiger partial charge on any atom is 0.160 e. The molecule has 2 heterocycles. The average molecular weight is 654 g/mol. The number of terminal acetylenes is 1. The largest absolute Gasteiger partial charge is 0.264 e. The van der Waals surface area contributed by atoms with Crippen molar-refractivity contribution in [2.75, 3.05) is 0 Å². The number of allylic oxidation sites excluding steroid dienone is 5. The molecule has 3 nitrogen and oxygen atoms in total. The van der Waals surface area contributed by atoms with Crippen LogP contribution in [0.25, 0.3) is 67.3 Å². The number of hydrogen-bond acceptors (Lipinski definition) is 3. The molecule has 3 heteroatoms. The second-order valence-corrected chi connectivity index (χ2v) is 12.7. The van der Waals surface area contributed by atoms with Gasteiger partial charge in [-0.05, 0) is 99.5 Å². The second-order valence-electron chi connectivity index (χ2n) is 12.7. The predicted octanol–water partition coefficient (Wildman–Crippen LogP) is 11.8. The Hall–Kier alpha value is -6.63. The van der Waals surface area contributed by atoms with E-state index in [2.05, 4.69) is 144 Å². The van der Waals surface area contributed by atoms with Crippen LogP contribution in [0.4, 0.5) is 0 Å². The lowest BCUT2D eigenvalue weighted by Crippen LogP contribution is -2.02. The van der Waals surface area contributed by atoms with Crippen LogP contribution < -0.4 is 0 Å². The van der Waals surface area contributed by atoms with Gasteiger partial charge in [0.2, 0.25) is 0 Å². The molecule has 51 heavy (non-hydrogen) atoms. The molecule has 8 rings (SSSR count). The molecule has 0 spiro atoms. The van der Waals surface area contributed by atoms with Crippen LogP contribution in [0.5, 0.6) is 0 Å². The van der Waals surface area contributed by atoms with Gasteiger partial charge in [0.15, 0.2) is 5.82 Å². The van der Waals surface area contributed by atoms with Gasteiger partial charge >= 0.3 is 0 Å². The van der Waals surface area contributed by atoms with Gasteiger partial charge < -0.3 is 0 Å². The van der Waals surface area contributed by atoms with E-state index in [1.54, 1.807) is 0 Å². The zero-order valence-corrected chi connectivity index (χ0v) is 28.4.